The van der Waals surface area contributed by atoms with Crippen molar-refractivity contribution in [2.24, 2.45) is 5.73 Å². The third-order valence-electron chi connectivity index (χ3n) is 2.90. The first kappa shape index (κ1) is 15.8. The number of hydrogen-bond donors (Lipinski definition) is 1. The number of nitrogens with zero attached hydrogens (tertiary/aromatic N) is 2. The van der Waals surface area contributed by atoms with E-state index in [1.54, 1.807) is 20.8 Å². The van der Waals surface area contributed by atoms with Crippen molar-refractivity contribution in [2.75, 3.05) is 11.4 Å². The Kier molecular flexibility index (Phi) is 4.79. The van der Waals surface area contributed by atoms with Gasteiger partial charge in [-0.2, -0.15) is 13.2 Å². The Hall–Kier alpha value is -1.30. The van der Waals surface area contributed by atoms with Gasteiger partial charge in [0.2, 0.25) is 0 Å². The molecule has 0 aliphatic rings. The number of halogens is 3. The average molecular weight is 275 g/mol. The Balaban J connectivity index is 3.29. The van der Waals surface area contributed by atoms with E-state index in [2.05, 4.69) is 4.98 Å². The number of aromatic nitrogens is 1. The first-order valence-electron chi connectivity index (χ1n) is 6.16. The van der Waals surface area contributed by atoms with Gasteiger partial charge in [-0.05, 0) is 39.3 Å². The van der Waals surface area contributed by atoms with Crippen molar-refractivity contribution in [3.63, 3.8) is 0 Å². The van der Waals surface area contributed by atoms with Crippen LogP contribution in [0.3, 0.4) is 0 Å². The minimum Gasteiger partial charge on any atom is -0.345 e. The van der Waals surface area contributed by atoms with Crippen LogP contribution in [0, 0.1) is 13.8 Å². The lowest BCUT2D eigenvalue weighted by atomic mass is 10.1. The zero-order valence-electron chi connectivity index (χ0n) is 11.7. The molecule has 0 aliphatic heterocycles. The van der Waals surface area contributed by atoms with Gasteiger partial charge in [0.1, 0.15) is 12.4 Å². The van der Waals surface area contributed by atoms with Gasteiger partial charge in [-0.15, -0.1) is 0 Å². The molecule has 0 radical (unpaired) electrons. The summed E-state index contributed by atoms with van der Waals surface area (Å²) >= 11 is 0. The van der Waals surface area contributed by atoms with Gasteiger partial charge in [0.25, 0.3) is 0 Å². The number of nitrogens with two attached hydrogens (primary N) is 1. The summed E-state index contributed by atoms with van der Waals surface area (Å²) in [5.41, 5.74) is 7.89. The van der Waals surface area contributed by atoms with E-state index in [4.69, 9.17) is 5.73 Å². The molecule has 1 heterocycles. The quantitative estimate of drug-likeness (QED) is 0.918. The number of alkyl halides is 3. The Bertz CT molecular complexity index is 441. The summed E-state index contributed by atoms with van der Waals surface area (Å²) in [5, 5.41) is 0. The molecule has 108 valence electrons. The third kappa shape index (κ3) is 4.09. The molecule has 2 N–H and O–H groups in total. The minimum atomic E-state index is -4.27. The second-order valence-corrected chi connectivity index (χ2v) is 4.92. The van der Waals surface area contributed by atoms with E-state index in [1.165, 1.54) is 4.90 Å². The van der Waals surface area contributed by atoms with Crippen molar-refractivity contribution >= 4 is 5.82 Å². The van der Waals surface area contributed by atoms with Gasteiger partial charge in [-0.1, -0.05) is 0 Å². The minimum absolute atomic E-state index is 0.176. The van der Waals surface area contributed by atoms with Gasteiger partial charge < -0.3 is 10.6 Å². The SMILES string of the molecule is Cc1cc(C)c(CN)c(N(CC(F)(F)F)C(C)C)n1. The van der Waals surface area contributed by atoms with E-state index in [0.29, 0.717) is 17.1 Å². The fourth-order valence-electron chi connectivity index (χ4n) is 2.03. The van der Waals surface area contributed by atoms with Crippen LogP contribution in [0.4, 0.5) is 19.0 Å². The van der Waals surface area contributed by atoms with Crippen LogP contribution >= 0.6 is 0 Å². The molecule has 6 heteroatoms. The van der Waals surface area contributed by atoms with Crippen LogP contribution < -0.4 is 10.6 Å². The second kappa shape index (κ2) is 5.77. The van der Waals surface area contributed by atoms with Crippen molar-refractivity contribution in [3.8, 4) is 0 Å². The smallest absolute Gasteiger partial charge is 0.345 e. The maximum absolute atomic E-state index is 12.7. The molecule has 0 unspecified atom stereocenters. The van der Waals surface area contributed by atoms with Crippen LogP contribution in [0.15, 0.2) is 6.07 Å². The predicted molar refractivity (Wildman–Crippen MR) is 70.1 cm³/mol. The molecule has 0 bridgehead atoms. The van der Waals surface area contributed by atoms with Crippen molar-refractivity contribution in [1.82, 2.24) is 4.98 Å². The van der Waals surface area contributed by atoms with E-state index in [-0.39, 0.29) is 12.6 Å². The molecule has 0 fully saturated rings. The summed E-state index contributed by atoms with van der Waals surface area (Å²) in [6, 6.07) is 1.53. The molecular formula is C13H20F3N3. The summed E-state index contributed by atoms with van der Waals surface area (Å²) < 4.78 is 38.1. The van der Waals surface area contributed by atoms with E-state index in [9.17, 15) is 13.2 Å². The standard InChI is InChI=1S/C13H20F3N3/c1-8(2)19(7-13(14,15)16)12-11(6-17)9(3)5-10(4)18-12/h5,8H,6-7,17H2,1-4H3. The lowest BCUT2D eigenvalue weighted by Crippen LogP contribution is -2.40. The van der Waals surface area contributed by atoms with Crippen LogP contribution in [0.5, 0.6) is 0 Å². The lowest BCUT2D eigenvalue weighted by molar-refractivity contribution is -0.120. The molecule has 1 rings (SSSR count). The predicted octanol–water partition coefficient (Wildman–Crippen LogP) is 2.93. The molecule has 0 saturated carbocycles. The van der Waals surface area contributed by atoms with Gasteiger partial charge in [0.15, 0.2) is 0 Å². The topological polar surface area (TPSA) is 42.1 Å². The highest BCUT2D eigenvalue weighted by atomic mass is 19.4. The van der Waals surface area contributed by atoms with E-state index in [0.717, 1.165) is 5.56 Å². The number of rotatable bonds is 4. The molecule has 0 aromatic carbocycles. The first-order chi connectivity index (χ1) is 8.65. The van der Waals surface area contributed by atoms with Crippen molar-refractivity contribution in [2.45, 2.75) is 46.5 Å². The molecular weight excluding hydrogens is 255 g/mol. The zero-order valence-corrected chi connectivity index (χ0v) is 11.7. The van der Waals surface area contributed by atoms with Crippen LogP contribution in [-0.2, 0) is 6.54 Å². The Morgan fingerprint density at radius 3 is 2.32 bits per heavy atom. The Labute approximate surface area is 111 Å². The number of anilines is 1. The summed E-state index contributed by atoms with van der Waals surface area (Å²) in [6.07, 6.45) is -4.27. The van der Waals surface area contributed by atoms with Crippen LogP contribution in [0.25, 0.3) is 0 Å². The zero-order chi connectivity index (χ0) is 14.8. The van der Waals surface area contributed by atoms with E-state index in [1.807, 2.05) is 13.0 Å². The summed E-state index contributed by atoms with van der Waals surface area (Å²) in [4.78, 5) is 5.51. The Morgan fingerprint density at radius 1 is 1.32 bits per heavy atom. The maximum Gasteiger partial charge on any atom is 0.405 e. The molecule has 1 aromatic rings. The Morgan fingerprint density at radius 2 is 1.89 bits per heavy atom. The van der Waals surface area contributed by atoms with Crippen LogP contribution in [0.2, 0.25) is 0 Å². The molecule has 1 aromatic heterocycles. The van der Waals surface area contributed by atoms with Crippen LogP contribution in [-0.4, -0.2) is 23.7 Å². The lowest BCUT2D eigenvalue weighted by Gasteiger charge is -2.31. The highest BCUT2D eigenvalue weighted by molar-refractivity contribution is 5.52. The van der Waals surface area contributed by atoms with Gasteiger partial charge >= 0.3 is 6.18 Å². The highest BCUT2D eigenvalue weighted by Crippen LogP contribution is 2.27. The molecule has 0 aliphatic carbocycles. The fraction of sp³-hybridized carbons (Fsp3) is 0.615. The monoisotopic (exact) mass is 275 g/mol. The van der Waals surface area contributed by atoms with Gasteiger partial charge in [0, 0.05) is 23.8 Å². The van der Waals surface area contributed by atoms with Crippen molar-refractivity contribution < 1.29 is 13.2 Å². The summed E-state index contributed by atoms with van der Waals surface area (Å²) in [6.45, 7) is 6.19. The number of aryl methyl sites for hydroxylation is 2. The first-order valence-corrected chi connectivity index (χ1v) is 6.16. The van der Waals surface area contributed by atoms with Gasteiger partial charge in [-0.25, -0.2) is 4.98 Å². The molecule has 0 spiro atoms. The average Bonchev–Trinajstić information content (AvgIpc) is 2.23. The van der Waals surface area contributed by atoms with E-state index >= 15 is 0 Å². The fourth-order valence-corrected chi connectivity index (χ4v) is 2.03. The molecule has 3 nitrogen and oxygen atoms in total. The van der Waals surface area contributed by atoms with Crippen molar-refractivity contribution in [1.29, 1.82) is 0 Å². The molecule has 0 atom stereocenters. The summed E-state index contributed by atoms with van der Waals surface area (Å²) in [5.74, 6) is 0.340. The van der Waals surface area contributed by atoms with Crippen LogP contribution in [0.1, 0.15) is 30.7 Å². The van der Waals surface area contributed by atoms with E-state index < -0.39 is 12.7 Å². The molecule has 0 saturated heterocycles. The molecule has 19 heavy (non-hydrogen) atoms. The van der Waals surface area contributed by atoms with Gasteiger partial charge in [-0.3, -0.25) is 0 Å². The molecule has 0 amide bonds. The second-order valence-electron chi connectivity index (χ2n) is 4.92. The highest BCUT2D eigenvalue weighted by Gasteiger charge is 2.33. The van der Waals surface area contributed by atoms with Crippen molar-refractivity contribution in [3.05, 3.63) is 22.9 Å². The third-order valence-corrected chi connectivity index (χ3v) is 2.90. The summed E-state index contributed by atoms with van der Waals surface area (Å²) in [7, 11) is 0. The largest absolute Gasteiger partial charge is 0.405 e. The number of pyridine rings is 1. The number of hydrogen-bond acceptors (Lipinski definition) is 3. The normalized spacial score (nSPS) is 12.1. The van der Waals surface area contributed by atoms with Gasteiger partial charge in [0.05, 0.1) is 0 Å². The maximum atomic E-state index is 12.7.